The quantitative estimate of drug-likeness (QED) is 0.571. The van der Waals surface area contributed by atoms with Crippen LogP contribution in [0.25, 0.3) is 10.8 Å². The van der Waals surface area contributed by atoms with Gasteiger partial charge in [-0.25, -0.2) is 4.79 Å². The molecule has 6 heteroatoms. The molecule has 2 aromatic heterocycles. The third kappa shape index (κ3) is 3.95. The predicted octanol–water partition coefficient (Wildman–Crippen LogP) is 3.80. The molecule has 0 saturated carbocycles. The predicted molar refractivity (Wildman–Crippen MR) is 105 cm³/mol. The zero-order valence-corrected chi connectivity index (χ0v) is 14.7. The van der Waals surface area contributed by atoms with Crippen molar-refractivity contribution in [2.45, 2.75) is 13.1 Å². The summed E-state index contributed by atoms with van der Waals surface area (Å²) in [6.45, 7) is 1.11. The summed E-state index contributed by atoms with van der Waals surface area (Å²) in [5, 5.41) is 12.1. The van der Waals surface area contributed by atoms with Crippen molar-refractivity contribution >= 4 is 22.5 Å². The molecular weight excluding hydrogens is 338 g/mol. The highest BCUT2D eigenvalue weighted by molar-refractivity contribution is 6.01. The van der Waals surface area contributed by atoms with Crippen LogP contribution in [0.15, 0.2) is 79.4 Å². The largest absolute Gasteiger partial charge is 0.334 e. The van der Waals surface area contributed by atoms with Crippen molar-refractivity contribution in [2.75, 3.05) is 5.32 Å². The van der Waals surface area contributed by atoms with Crippen LogP contribution in [-0.2, 0) is 13.1 Å². The zero-order chi connectivity index (χ0) is 18.5. The van der Waals surface area contributed by atoms with Crippen molar-refractivity contribution in [3.05, 3.63) is 90.5 Å². The number of benzene rings is 2. The molecule has 2 heterocycles. The number of aromatic nitrogens is 3. The third-order valence-electron chi connectivity index (χ3n) is 4.38. The summed E-state index contributed by atoms with van der Waals surface area (Å²) in [5.41, 5.74) is 2.94. The summed E-state index contributed by atoms with van der Waals surface area (Å²) in [4.78, 5) is 16.5. The highest BCUT2D eigenvalue weighted by Gasteiger charge is 2.08. The number of rotatable bonds is 5. The van der Waals surface area contributed by atoms with E-state index in [0.717, 1.165) is 27.6 Å². The minimum absolute atomic E-state index is 0.242. The topological polar surface area (TPSA) is 71.8 Å². The van der Waals surface area contributed by atoms with Crippen LogP contribution >= 0.6 is 0 Å². The number of anilines is 1. The lowest BCUT2D eigenvalue weighted by Gasteiger charge is -2.12. The molecule has 0 fully saturated rings. The number of hydrogen-bond donors (Lipinski definition) is 2. The van der Waals surface area contributed by atoms with E-state index >= 15 is 0 Å². The average Bonchev–Trinajstić information content (AvgIpc) is 3.21. The molecule has 0 aliphatic carbocycles. The summed E-state index contributed by atoms with van der Waals surface area (Å²) in [7, 11) is 0. The van der Waals surface area contributed by atoms with Crippen molar-refractivity contribution in [1.29, 1.82) is 0 Å². The fourth-order valence-electron chi connectivity index (χ4n) is 3.03. The zero-order valence-electron chi connectivity index (χ0n) is 14.7. The summed E-state index contributed by atoms with van der Waals surface area (Å²) < 4.78 is 1.86. The van der Waals surface area contributed by atoms with E-state index in [2.05, 4.69) is 20.7 Å². The Kier molecular flexibility index (Phi) is 4.78. The summed E-state index contributed by atoms with van der Waals surface area (Å²) in [6, 6.07) is 17.3. The monoisotopic (exact) mass is 357 g/mol. The van der Waals surface area contributed by atoms with E-state index in [1.54, 1.807) is 18.6 Å². The van der Waals surface area contributed by atoms with Crippen molar-refractivity contribution in [2.24, 2.45) is 0 Å². The van der Waals surface area contributed by atoms with Crippen LogP contribution in [0.5, 0.6) is 0 Å². The van der Waals surface area contributed by atoms with Crippen molar-refractivity contribution < 1.29 is 4.79 Å². The van der Waals surface area contributed by atoms with Gasteiger partial charge in [-0.3, -0.25) is 9.67 Å². The summed E-state index contributed by atoms with van der Waals surface area (Å²) in [5.74, 6) is 0. The summed E-state index contributed by atoms with van der Waals surface area (Å²) >= 11 is 0. The second kappa shape index (κ2) is 7.70. The van der Waals surface area contributed by atoms with Gasteiger partial charge in [0, 0.05) is 42.1 Å². The number of nitrogens with zero attached hydrogens (tertiary/aromatic N) is 3. The van der Waals surface area contributed by atoms with E-state index in [9.17, 15) is 4.79 Å². The first-order valence-electron chi connectivity index (χ1n) is 8.71. The molecule has 6 nitrogen and oxygen atoms in total. The molecule has 2 amide bonds. The molecule has 4 aromatic rings. The Bertz CT molecular complexity index is 1050. The van der Waals surface area contributed by atoms with Gasteiger partial charge in [0.05, 0.1) is 12.2 Å². The lowest BCUT2D eigenvalue weighted by atomic mass is 10.1. The van der Waals surface area contributed by atoms with E-state index < -0.39 is 0 Å². The second-order valence-electron chi connectivity index (χ2n) is 6.18. The maximum atomic E-state index is 12.4. The van der Waals surface area contributed by atoms with Gasteiger partial charge in [0.25, 0.3) is 0 Å². The molecular formula is C21H19N5O. The highest BCUT2D eigenvalue weighted by Crippen LogP contribution is 2.22. The molecule has 0 bridgehead atoms. The van der Waals surface area contributed by atoms with Crippen molar-refractivity contribution in [3.63, 3.8) is 0 Å². The molecule has 0 aliphatic heterocycles. The average molecular weight is 357 g/mol. The standard InChI is InChI=1S/C21H19N5O/c27-21(25-20-8-3-7-17-13-22-11-9-19(17)20)23-14-16-5-1-2-6-18(16)15-26-12-4-10-24-26/h1-13H,14-15H2,(H2,23,25,27). The number of hydrogen-bond acceptors (Lipinski definition) is 3. The molecule has 4 rings (SSSR count). The number of pyridine rings is 1. The van der Waals surface area contributed by atoms with Gasteiger partial charge in [-0.15, -0.1) is 0 Å². The van der Waals surface area contributed by atoms with Crippen LogP contribution in [0.3, 0.4) is 0 Å². The lowest BCUT2D eigenvalue weighted by Crippen LogP contribution is -2.28. The van der Waals surface area contributed by atoms with Gasteiger partial charge in [0.1, 0.15) is 0 Å². The van der Waals surface area contributed by atoms with E-state index in [-0.39, 0.29) is 6.03 Å². The maximum Gasteiger partial charge on any atom is 0.319 e. The highest BCUT2D eigenvalue weighted by atomic mass is 16.2. The molecule has 0 unspecified atom stereocenters. The van der Waals surface area contributed by atoms with E-state index in [1.807, 2.05) is 65.5 Å². The van der Waals surface area contributed by atoms with E-state index in [1.165, 1.54) is 0 Å². The second-order valence-corrected chi connectivity index (χ2v) is 6.18. The van der Waals surface area contributed by atoms with Gasteiger partial charge >= 0.3 is 6.03 Å². The minimum atomic E-state index is -0.242. The first-order chi connectivity index (χ1) is 13.3. The van der Waals surface area contributed by atoms with Gasteiger partial charge in [-0.2, -0.15) is 5.10 Å². The number of fused-ring (bicyclic) bond motifs is 1. The lowest BCUT2D eigenvalue weighted by molar-refractivity contribution is 0.251. The number of amides is 2. The fourth-order valence-corrected chi connectivity index (χ4v) is 3.03. The third-order valence-corrected chi connectivity index (χ3v) is 4.38. The smallest absolute Gasteiger partial charge is 0.319 e. The molecule has 27 heavy (non-hydrogen) atoms. The Hall–Kier alpha value is -3.67. The van der Waals surface area contributed by atoms with Gasteiger partial charge in [-0.05, 0) is 29.3 Å². The van der Waals surface area contributed by atoms with Gasteiger partial charge in [0.15, 0.2) is 0 Å². The molecule has 0 spiro atoms. The Morgan fingerprint density at radius 3 is 2.70 bits per heavy atom. The molecule has 2 aromatic carbocycles. The van der Waals surface area contributed by atoms with Crippen LogP contribution in [0.4, 0.5) is 10.5 Å². The molecule has 0 aliphatic rings. The number of urea groups is 1. The van der Waals surface area contributed by atoms with Crippen LogP contribution in [0, 0.1) is 0 Å². The Morgan fingerprint density at radius 1 is 0.963 bits per heavy atom. The van der Waals surface area contributed by atoms with E-state index in [0.29, 0.717) is 13.1 Å². The Balaban J connectivity index is 1.44. The van der Waals surface area contributed by atoms with Crippen LogP contribution in [-0.4, -0.2) is 20.8 Å². The molecule has 0 saturated heterocycles. The van der Waals surface area contributed by atoms with Crippen molar-refractivity contribution in [1.82, 2.24) is 20.1 Å². The first kappa shape index (κ1) is 16.8. The minimum Gasteiger partial charge on any atom is -0.334 e. The van der Waals surface area contributed by atoms with E-state index in [4.69, 9.17) is 0 Å². The fraction of sp³-hybridized carbons (Fsp3) is 0.0952. The Labute approximate surface area is 156 Å². The summed E-state index contributed by atoms with van der Waals surface area (Å²) in [6.07, 6.45) is 7.18. The number of carbonyl (C=O) groups excluding carboxylic acids is 1. The van der Waals surface area contributed by atoms with Gasteiger partial charge < -0.3 is 10.6 Å². The molecule has 0 radical (unpaired) electrons. The normalized spacial score (nSPS) is 10.7. The molecule has 0 atom stereocenters. The van der Waals surface area contributed by atoms with Crippen LogP contribution < -0.4 is 10.6 Å². The molecule has 2 N–H and O–H groups in total. The molecule has 134 valence electrons. The van der Waals surface area contributed by atoms with Crippen LogP contribution in [0.1, 0.15) is 11.1 Å². The SMILES string of the molecule is O=C(NCc1ccccc1Cn1cccn1)Nc1cccc2cnccc12. The number of carbonyl (C=O) groups is 1. The number of nitrogens with one attached hydrogen (secondary N) is 2. The van der Waals surface area contributed by atoms with Crippen LogP contribution in [0.2, 0.25) is 0 Å². The first-order valence-corrected chi connectivity index (χ1v) is 8.71. The maximum absolute atomic E-state index is 12.4. The van der Waals surface area contributed by atoms with Gasteiger partial charge in [0.2, 0.25) is 0 Å². The Morgan fingerprint density at radius 2 is 1.85 bits per heavy atom. The van der Waals surface area contributed by atoms with Crippen molar-refractivity contribution in [3.8, 4) is 0 Å². The van der Waals surface area contributed by atoms with Gasteiger partial charge in [-0.1, -0.05) is 36.4 Å².